The Morgan fingerprint density at radius 2 is 2.11 bits per heavy atom. The van der Waals surface area contributed by atoms with E-state index < -0.39 is 0 Å². The monoisotopic (exact) mass is 276 g/mol. The Kier molecular flexibility index (Phi) is 4.11. The first-order valence-corrected chi connectivity index (χ1v) is 6.94. The summed E-state index contributed by atoms with van der Waals surface area (Å²) in [5, 5.41) is 3.98. The molecule has 2 N–H and O–H groups in total. The third-order valence-electron chi connectivity index (χ3n) is 2.87. The molecule has 1 heterocycles. The molecule has 0 saturated carbocycles. The molecule has 0 saturated heterocycles. The lowest BCUT2D eigenvalue weighted by atomic mass is 10.2. The smallest absolute Gasteiger partial charge is 0.271 e. The number of nitrogens with zero attached hydrogens (tertiary/aromatic N) is 3. The van der Waals surface area contributed by atoms with Crippen LogP contribution in [0.4, 0.5) is 11.4 Å². The van der Waals surface area contributed by atoms with Gasteiger partial charge in [0.05, 0.1) is 17.1 Å². The minimum atomic E-state index is -0.0905. The fraction of sp³-hybridized carbons (Fsp3) is 0.308. The van der Waals surface area contributed by atoms with Crippen LogP contribution in [0, 0.1) is 0 Å². The van der Waals surface area contributed by atoms with Gasteiger partial charge in [-0.05, 0) is 37.0 Å². The molecule has 5 nitrogen and oxygen atoms in total. The molecular weight excluding hydrogens is 260 g/mol. The van der Waals surface area contributed by atoms with Crippen molar-refractivity contribution in [3.8, 4) is 0 Å². The maximum absolute atomic E-state index is 12.6. The van der Waals surface area contributed by atoms with Gasteiger partial charge in [0, 0.05) is 6.54 Å². The van der Waals surface area contributed by atoms with Gasteiger partial charge in [0.2, 0.25) is 0 Å². The van der Waals surface area contributed by atoms with Gasteiger partial charge in [0.15, 0.2) is 0 Å². The SMILES string of the molecule is CCc1nnsc1C(=O)N(CC)c1ccccc1N. The summed E-state index contributed by atoms with van der Waals surface area (Å²) >= 11 is 1.13. The molecule has 0 bridgehead atoms. The van der Waals surface area contributed by atoms with Crippen LogP contribution in [0.1, 0.15) is 29.2 Å². The predicted molar refractivity (Wildman–Crippen MR) is 77.5 cm³/mol. The van der Waals surface area contributed by atoms with Crippen LogP contribution in [0.3, 0.4) is 0 Å². The van der Waals surface area contributed by atoms with E-state index in [0.29, 0.717) is 23.5 Å². The molecule has 0 radical (unpaired) electrons. The van der Waals surface area contributed by atoms with Crippen LogP contribution in [-0.2, 0) is 6.42 Å². The van der Waals surface area contributed by atoms with Crippen molar-refractivity contribution in [3.63, 3.8) is 0 Å². The van der Waals surface area contributed by atoms with E-state index in [4.69, 9.17) is 5.73 Å². The van der Waals surface area contributed by atoms with E-state index in [0.717, 1.165) is 22.9 Å². The molecule has 0 aliphatic heterocycles. The number of aromatic nitrogens is 2. The predicted octanol–water partition coefficient (Wildman–Crippen LogP) is 2.35. The second-order valence-corrected chi connectivity index (χ2v) is 4.76. The zero-order valence-electron chi connectivity index (χ0n) is 11.0. The first-order chi connectivity index (χ1) is 9.19. The molecular formula is C13H16N4OS. The van der Waals surface area contributed by atoms with Crippen molar-refractivity contribution in [1.29, 1.82) is 0 Å². The van der Waals surface area contributed by atoms with E-state index >= 15 is 0 Å². The van der Waals surface area contributed by atoms with E-state index in [1.165, 1.54) is 0 Å². The van der Waals surface area contributed by atoms with Crippen molar-refractivity contribution in [2.24, 2.45) is 0 Å². The van der Waals surface area contributed by atoms with E-state index in [-0.39, 0.29) is 5.91 Å². The largest absolute Gasteiger partial charge is 0.397 e. The molecule has 0 spiro atoms. The molecule has 1 aromatic heterocycles. The number of hydrogen-bond donors (Lipinski definition) is 1. The van der Waals surface area contributed by atoms with Gasteiger partial charge in [0.25, 0.3) is 5.91 Å². The first kappa shape index (κ1) is 13.5. The molecule has 2 aromatic rings. The third-order valence-corrected chi connectivity index (χ3v) is 3.63. The number of aryl methyl sites for hydroxylation is 1. The summed E-state index contributed by atoms with van der Waals surface area (Å²) in [5.41, 5.74) is 7.99. The maximum atomic E-state index is 12.6. The van der Waals surface area contributed by atoms with Crippen molar-refractivity contribution in [1.82, 2.24) is 9.59 Å². The van der Waals surface area contributed by atoms with Gasteiger partial charge < -0.3 is 10.6 Å². The van der Waals surface area contributed by atoms with Gasteiger partial charge >= 0.3 is 0 Å². The van der Waals surface area contributed by atoms with Crippen LogP contribution in [0.15, 0.2) is 24.3 Å². The van der Waals surface area contributed by atoms with Crippen molar-refractivity contribution in [2.45, 2.75) is 20.3 Å². The molecule has 6 heteroatoms. The van der Waals surface area contributed by atoms with Gasteiger partial charge in [-0.2, -0.15) is 0 Å². The molecule has 0 fully saturated rings. The van der Waals surface area contributed by atoms with Gasteiger partial charge in [-0.25, -0.2) is 0 Å². The molecule has 0 aliphatic carbocycles. The highest BCUT2D eigenvalue weighted by atomic mass is 32.1. The molecule has 1 amide bonds. The Hall–Kier alpha value is -1.95. The number of anilines is 2. The standard InChI is InChI=1S/C13H16N4OS/c1-3-10-12(19-16-15-10)13(18)17(4-2)11-8-6-5-7-9(11)14/h5-8H,3-4,14H2,1-2H3. The number of para-hydroxylation sites is 2. The molecule has 0 aliphatic rings. The molecule has 19 heavy (non-hydrogen) atoms. The van der Waals surface area contributed by atoms with Gasteiger partial charge in [-0.1, -0.05) is 23.5 Å². The van der Waals surface area contributed by atoms with Crippen LogP contribution in [0.2, 0.25) is 0 Å². The Balaban J connectivity index is 2.38. The lowest BCUT2D eigenvalue weighted by Gasteiger charge is -2.21. The quantitative estimate of drug-likeness (QED) is 0.870. The maximum Gasteiger partial charge on any atom is 0.271 e. The highest BCUT2D eigenvalue weighted by molar-refractivity contribution is 7.08. The van der Waals surface area contributed by atoms with Crippen molar-refractivity contribution in [3.05, 3.63) is 34.8 Å². The Labute approximate surface area is 116 Å². The van der Waals surface area contributed by atoms with E-state index in [9.17, 15) is 4.79 Å². The molecule has 2 rings (SSSR count). The highest BCUT2D eigenvalue weighted by Crippen LogP contribution is 2.25. The number of carbonyl (C=O) groups is 1. The van der Waals surface area contributed by atoms with Crippen molar-refractivity contribution >= 4 is 28.8 Å². The fourth-order valence-electron chi connectivity index (χ4n) is 1.88. The number of benzene rings is 1. The summed E-state index contributed by atoms with van der Waals surface area (Å²) in [6.45, 7) is 4.43. The van der Waals surface area contributed by atoms with Crippen molar-refractivity contribution in [2.75, 3.05) is 17.2 Å². The van der Waals surface area contributed by atoms with Crippen LogP contribution >= 0.6 is 11.5 Å². The number of nitrogen functional groups attached to an aromatic ring is 1. The Bertz CT molecular complexity index is 582. The van der Waals surface area contributed by atoms with Crippen LogP contribution in [0.25, 0.3) is 0 Å². The number of amides is 1. The normalized spacial score (nSPS) is 10.4. The zero-order valence-corrected chi connectivity index (χ0v) is 11.8. The van der Waals surface area contributed by atoms with Crippen molar-refractivity contribution < 1.29 is 4.79 Å². The van der Waals surface area contributed by atoms with E-state index in [1.54, 1.807) is 11.0 Å². The fourth-order valence-corrected chi connectivity index (χ4v) is 2.58. The summed E-state index contributed by atoms with van der Waals surface area (Å²) in [5.74, 6) is -0.0905. The summed E-state index contributed by atoms with van der Waals surface area (Å²) in [7, 11) is 0. The number of nitrogens with two attached hydrogens (primary N) is 1. The highest BCUT2D eigenvalue weighted by Gasteiger charge is 2.22. The number of hydrogen-bond acceptors (Lipinski definition) is 5. The zero-order chi connectivity index (χ0) is 13.8. The van der Waals surface area contributed by atoms with Crippen LogP contribution in [0.5, 0.6) is 0 Å². The van der Waals surface area contributed by atoms with Gasteiger partial charge in [-0.3, -0.25) is 4.79 Å². The average molecular weight is 276 g/mol. The second kappa shape index (κ2) is 5.79. The minimum Gasteiger partial charge on any atom is -0.397 e. The lowest BCUT2D eigenvalue weighted by Crippen LogP contribution is -2.31. The lowest BCUT2D eigenvalue weighted by molar-refractivity contribution is 0.0991. The molecule has 0 unspecified atom stereocenters. The van der Waals surface area contributed by atoms with Gasteiger partial charge in [0.1, 0.15) is 4.88 Å². The summed E-state index contributed by atoms with van der Waals surface area (Å²) in [6.07, 6.45) is 0.694. The van der Waals surface area contributed by atoms with E-state index in [1.807, 2.05) is 32.0 Å². The Morgan fingerprint density at radius 1 is 1.37 bits per heavy atom. The topological polar surface area (TPSA) is 72.1 Å². The molecule has 1 aromatic carbocycles. The first-order valence-electron chi connectivity index (χ1n) is 6.16. The Morgan fingerprint density at radius 3 is 2.74 bits per heavy atom. The van der Waals surface area contributed by atoms with Crippen LogP contribution < -0.4 is 10.6 Å². The summed E-state index contributed by atoms with van der Waals surface area (Å²) in [6, 6.07) is 7.35. The molecule has 0 atom stereocenters. The summed E-state index contributed by atoms with van der Waals surface area (Å²) in [4.78, 5) is 14.8. The average Bonchev–Trinajstić information content (AvgIpc) is 2.89. The second-order valence-electron chi connectivity index (χ2n) is 4.01. The van der Waals surface area contributed by atoms with E-state index in [2.05, 4.69) is 9.59 Å². The molecule has 100 valence electrons. The number of carbonyl (C=O) groups excluding carboxylic acids is 1. The number of rotatable bonds is 4. The summed E-state index contributed by atoms with van der Waals surface area (Å²) < 4.78 is 3.86. The third kappa shape index (κ3) is 2.58. The minimum absolute atomic E-state index is 0.0905. The van der Waals surface area contributed by atoms with Crippen LogP contribution in [-0.4, -0.2) is 22.0 Å². The van der Waals surface area contributed by atoms with Gasteiger partial charge in [-0.15, -0.1) is 5.10 Å².